The molecular weight excluding hydrogens is 240 g/mol. The highest BCUT2D eigenvalue weighted by atomic mass is 16.2. The van der Waals surface area contributed by atoms with E-state index in [0.29, 0.717) is 12.2 Å². The fraction of sp³-hybridized carbons (Fsp3) is 0.571. The third kappa shape index (κ3) is 3.36. The quantitative estimate of drug-likeness (QED) is 0.793. The van der Waals surface area contributed by atoms with Gasteiger partial charge in [0.2, 0.25) is 5.91 Å². The zero-order valence-electron chi connectivity index (χ0n) is 11.7. The molecule has 1 aromatic rings. The number of carbonyl (C=O) groups is 1. The minimum Gasteiger partial charge on any atom is -0.396 e. The molecule has 0 saturated heterocycles. The average molecular weight is 262 g/mol. The minimum atomic E-state index is -0.0100. The molecule has 0 bridgehead atoms. The molecule has 1 aliphatic carbocycles. The molecule has 1 aliphatic rings. The van der Waals surface area contributed by atoms with Crippen molar-refractivity contribution in [2.45, 2.75) is 46.1 Å². The molecule has 0 atom stereocenters. The van der Waals surface area contributed by atoms with E-state index in [-0.39, 0.29) is 12.5 Å². The maximum Gasteiger partial charge on any atom is 0.241 e. The van der Waals surface area contributed by atoms with Gasteiger partial charge in [-0.25, -0.2) is 0 Å². The van der Waals surface area contributed by atoms with Gasteiger partial charge in [-0.1, -0.05) is 11.6 Å². The van der Waals surface area contributed by atoms with E-state index in [4.69, 9.17) is 5.73 Å². The molecule has 1 heterocycles. The van der Waals surface area contributed by atoms with E-state index in [1.54, 1.807) is 4.68 Å². The van der Waals surface area contributed by atoms with Crippen LogP contribution in [0.1, 0.15) is 37.1 Å². The van der Waals surface area contributed by atoms with Crippen LogP contribution >= 0.6 is 0 Å². The Hall–Kier alpha value is -1.78. The first kappa shape index (κ1) is 13.6. The van der Waals surface area contributed by atoms with Crippen molar-refractivity contribution in [1.82, 2.24) is 15.1 Å². The summed E-state index contributed by atoms with van der Waals surface area (Å²) in [6.07, 6.45) is 6.88. The molecule has 0 spiro atoms. The van der Waals surface area contributed by atoms with Gasteiger partial charge in [-0.3, -0.25) is 9.48 Å². The zero-order valence-corrected chi connectivity index (χ0v) is 11.7. The van der Waals surface area contributed by atoms with Crippen LogP contribution in [-0.4, -0.2) is 22.2 Å². The van der Waals surface area contributed by atoms with E-state index in [9.17, 15) is 4.79 Å². The summed E-state index contributed by atoms with van der Waals surface area (Å²) in [5, 5.41) is 7.19. The van der Waals surface area contributed by atoms with Crippen LogP contribution in [0, 0.1) is 13.8 Å². The molecule has 0 radical (unpaired) electrons. The lowest BCUT2D eigenvalue weighted by Crippen LogP contribution is -2.29. The monoisotopic (exact) mass is 262 g/mol. The number of carbonyl (C=O) groups excluding carboxylic acids is 1. The third-order valence-corrected chi connectivity index (χ3v) is 3.63. The lowest BCUT2D eigenvalue weighted by atomic mass is 10.2. The van der Waals surface area contributed by atoms with Gasteiger partial charge in [-0.15, -0.1) is 0 Å². The topological polar surface area (TPSA) is 72.9 Å². The number of nitrogens with zero attached hydrogens (tertiary/aromatic N) is 2. The largest absolute Gasteiger partial charge is 0.396 e. The number of rotatable bonds is 5. The Morgan fingerprint density at radius 1 is 1.53 bits per heavy atom. The number of nitrogens with two attached hydrogens (primary N) is 1. The number of aromatic nitrogens is 2. The summed E-state index contributed by atoms with van der Waals surface area (Å²) < 4.78 is 1.66. The third-order valence-electron chi connectivity index (χ3n) is 3.63. The van der Waals surface area contributed by atoms with E-state index in [1.165, 1.54) is 24.8 Å². The number of amides is 1. The maximum atomic E-state index is 11.8. The second kappa shape index (κ2) is 5.91. The Bertz CT molecular complexity index is 502. The number of hydrogen-bond donors (Lipinski definition) is 2. The summed E-state index contributed by atoms with van der Waals surface area (Å²) >= 11 is 0. The molecule has 104 valence electrons. The first-order chi connectivity index (χ1) is 9.08. The first-order valence-corrected chi connectivity index (χ1v) is 6.82. The normalized spacial score (nSPS) is 14.5. The number of anilines is 1. The van der Waals surface area contributed by atoms with Crippen LogP contribution in [-0.2, 0) is 11.3 Å². The van der Waals surface area contributed by atoms with Crippen LogP contribution < -0.4 is 11.1 Å². The van der Waals surface area contributed by atoms with Gasteiger partial charge in [0.05, 0.1) is 17.1 Å². The van der Waals surface area contributed by atoms with E-state index in [2.05, 4.69) is 16.5 Å². The highest BCUT2D eigenvalue weighted by Crippen LogP contribution is 2.19. The predicted octanol–water partition coefficient (Wildman–Crippen LogP) is 1.70. The molecule has 0 unspecified atom stereocenters. The van der Waals surface area contributed by atoms with Crippen molar-refractivity contribution in [2.24, 2.45) is 0 Å². The highest BCUT2D eigenvalue weighted by molar-refractivity contribution is 5.75. The van der Waals surface area contributed by atoms with Crippen molar-refractivity contribution >= 4 is 11.6 Å². The van der Waals surface area contributed by atoms with Gasteiger partial charge >= 0.3 is 0 Å². The van der Waals surface area contributed by atoms with Crippen LogP contribution in [0.2, 0.25) is 0 Å². The van der Waals surface area contributed by atoms with Crippen LogP contribution in [0.5, 0.6) is 0 Å². The lowest BCUT2D eigenvalue weighted by Gasteiger charge is -2.07. The summed E-state index contributed by atoms with van der Waals surface area (Å²) in [4.78, 5) is 11.8. The van der Waals surface area contributed by atoms with Crippen molar-refractivity contribution in [3.05, 3.63) is 23.0 Å². The summed E-state index contributed by atoms with van der Waals surface area (Å²) in [6.45, 7) is 4.68. The van der Waals surface area contributed by atoms with Gasteiger partial charge in [0.15, 0.2) is 0 Å². The molecule has 1 amide bonds. The van der Waals surface area contributed by atoms with E-state index < -0.39 is 0 Å². The molecule has 5 nitrogen and oxygen atoms in total. The molecular formula is C14H22N4O. The Balaban J connectivity index is 1.79. The second-order valence-corrected chi connectivity index (χ2v) is 5.10. The molecule has 0 saturated carbocycles. The Kier molecular flexibility index (Phi) is 4.24. The number of allylic oxidation sites excluding steroid dienone is 1. The first-order valence-electron chi connectivity index (χ1n) is 6.82. The SMILES string of the molecule is Cc1nn(CC(=O)NCCC2=CCCC2)c(C)c1N. The Morgan fingerprint density at radius 3 is 2.89 bits per heavy atom. The van der Waals surface area contributed by atoms with Gasteiger partial charge in [0.1, 0.15) is 6.54 Å². The number of hydrogen-bond acceptors (Lipinski definition) is 3. The maximum absolute atomic E-state index is 11.8. The van der Waals surface area contributed by atoms with E-state index in [0.717, 1.165) is 17.8 Å². The molecule has 0 fully saturated rings. The van der Waals surface area contributed by atoms with Crippen molar-refractivity contribution in [1.29, 1.82) is 0 Å². The fourth-order valence-electron chi connectivity index (χ4n) is 2.38. The van der Waals surface area contributed by atoms with Crippen LogP contribution in [0.3, 0.4) is 0 Å². The van der Waals surface area contributed by atoms with Gasteiger partial charge in [-0.05, 0) is 39.5 Å². The Labute approximate surface area is 113 Å². The van der Waals surface area contributed by atoms with Crippen molar-refractivity contribution < 1.29 is 4.79 Å². The van der Waals surface area contributed by atoms with Crippen LogP contribution in [0.15, 0.2) is 11.6 Å². The number of aryl methyl sites for hydroxylation is 1. The molecule has 2 rings (SSSR count). The predicted molar refractivity (Wildman–Crippen MR) is 75.7 cm³/mol. The molecule has 3 N–H and O–H groups in total. The van der Waals surface area contributed by atoms with E-state index in [1.807, 2.05) is 13.8 Å². The number of nitrogen functional groups attached to an aromatic ring is 1. The molecule has 0 aromatic carbocycles. The molecule has 5 heteroatoms. The van der Waals surface area contributed by atoms with Crippen LogP contribution in [0.4, 0.5) is 5.69 Å². The second-order valence-electron chi connectivity index (χ2n) is 5.10. The Morgan fingerprint density at radius 2 is 2.32 bits per heavy atom. The van der Waals surface area contributed by atoms with Gasteiger partial charge in [0.25, 0.3) is 0 Å². The smallest absolute Gasteiger partial charge is 0.241 e. The zero-order chi connectivity index (χ0) is 13.8. The molecule has 0 aliphatic heterocycles. The van der Waals surface area contributed by atoms with Gasteiger partial charge in [0, 0.05) is 6.54 Å². The standard InChI is InChI=1S/C14H22N4O/c1-10-14(15)11(2)18(17-10)9-13(19)16-8-7-12-5-3-4-6-12/h5H,3-4,6-9,15H2,1-2H3,(H,16,19). The van der Waals surface area contributed by atoms with Crippen molar-refractivity contribution in [3.8, 4) is 0 Å². The highest BCUT2D eigenvalue weighted by Gasteiger charge is 2.11. The van der Waals surface area contributed by atoms with Crippen molar-refractivity contribution in [3.63, 3.8) is 0 Å². The fourth-order valence-corrected chi connectivity index (χ4v) is 2.38. The minimum absolute atomic E-state index is 0.0100. The van der Waals surface area contributed by atoms with Gasteiger partial charge < -0.3 is 11.1 Å². The van der Waals surface area contributed by atoms with Crippen LogP contribution in [0.25, 0.3) is 0 Å². The number of nitrogens with one attached hydrogen (secondary N) is 1. The van der Waals surface area contributed by atoms with Gasteiger partial charge in [-0.2, -0.15) is 5.10 Å². The summed E-state index contributed by atoms with van der Waals surface area (Å²) in [5.74, 6) is -0.0100. The molecule has 19 heavy (non-hydrogen) atoms. The lowest BCUT2D eigenvalue weighted by molar-refractivity contribution is -0.121. The van der Waals surface area contributed by atoms with E-state index >= 15 is 0 Å². The summed E-state index contributed by atoms with van der Waals surface area (Å²) in [7, 11) is 0. The van der Waals surface area contributed by atoms with Crippen molar-refractivity contribution in [2.75, 3.05) is 12.3 Å². The molecule has 1 aromatic heterocycles. The summed E-state index contributed by atoms with van der Waals surface area (Å²) in [5.41, 5.74) is 9.61. The summed E-state index contributed by atoms with van der Waals surface area (Å²) in [6, 6.07) is 0. The average Bonchev–Trinajstić information content (AvgIpc) is 2.96.